The third-order valence-electron chi connectivity index (χ3n) is 5.82. The van der Waals surface area contributed by atoms with Crippen LogP contribution in [0.1, 0.15) is 56.7 Å². The molecule has 3 aromatic carbocycles. The summed E-state index contributed by atoms with van der Waals surface area (Å²) in [5.41, 5.74) is 7.28. The van der Waals surface area contributed by atoms with Gasteiger partial charge in [0.05, 0.1) is 24.5 Å². The molecule has 33 heavy (non-hydrogen) atoms. The first kappa shape index (κ1) is 24.5. The summed E-state index contributed by atoms with van der Waals surface area (Å²) in [6.45, 7) is 10.1. The fourth-order valence-electron chi connectivity index (χ4n) is 3.88. The molecule has 0 aliphatic carbocycles. The summed E-state index contributed by atoms with van der Waals surface area (Å²) in [6, 6.07) is 19.0. The minimum Gasteiger partial charge on any atom is -0.346 e. The van der Waals surface area contributed by atoms with Crippen molar-refractivity contribution < 1.29 is 13.2 Å². The molecular formula is C27H32N2O3S. The van der Waals surface area contributed by atoms with E-state index in [1.54, 1.807) is 24.3 Å². The lowest BCUT2D eigenvalue weighted by molar-refractivity contribution is 0.0939. The van der Waals surface area contributed by atoms with Crippen LogP contribution in [0, 0.1) is 27.7 Å². The van der Waals surface area contributed by atoms with E-state index in [1.165, 1.54) is 10.6 Å². The molecular weight excluding hydrogens is 432 g/mol. The first-order valence-electron chi connectivity index (χ1n) is 11.0. The zero-order valence-corrected chi connectivity index (χ0v) is 21.0. The lowest BCUT2D eigenvalue weighted by Crippen LogP contribution is -2.30. The van der Waals surface area contributed by atoms with Gasteiger partial charge < -0.3 is 5.32 Å². The van der Waals surface area contributed by atoms with Crippen LogP contribution in [-0.4, -0.2) is 20.6 Å². The SMILES string of the molecule is Cc1ccc(C)c(C(C)NC(=O)c2ccc(CN(c3cc(C)ccc3C)S(C)(=O)=O)cc2)c1. The molecule has 6 heteroatoms. The monoisotopic (exact) mass is 464 g/mol. The zero-order chi connectivity index (χ0) is 24.3. The lowest BCUT2D eigenvalue weighted by atomic mass is 9.99. The molecule has 3 rings (SSSR count). The van der Waals surface area contributed by atoms with E-state index in [4.69, 9.17) is 0 Å². The number of amides is 1. The lowest BCUT2D eigenvalue weighted by Gasteiger charge is -2.25. The number of nitrogens with zero attached hydrogens (tertiary/aromatic N) is 1. The fraction of sp³-hybridized carbons (Fsp3) is 0.296. The van der Waals surface area contributed by atoms with Crippen molar-refractivity contribution in [2.45, 2.75) is 47.2 Å². The second-order valence-corrected chi connectivity index (χ2v) is 10.7. The average Bonchev–Trinajstić information content (AvgIpc) is 2.75. The van der Waals surface area contributed by atoms with Gasteiger partial charge in [-0.2, -0.15) is 0 Å². The van der Waals surface area contributed by atoms with Gasteiger partial charge in [0.1, 0.15) is 0 Å². The van der Waals surface area contributed by atoms with Crippen molar-refractivity contribution >= 4 is 21.6 Å². The van der Waals surface area contributed by atoms with Crippen LogP contribution in [0.15, 0.2) is 60.7 Å². The minimum absolute atomic E-state index is 0.123. The van der Waals surface area contributed by atoms with Crippen LogP contribution >= 0.6 is 0 Å². The van der Waals surface area contributed by atoms with Crippen molar-refractivity contribution in [3.05, 3.63) is 99.6 Å². The predicted octanol–water partition coefficient (Wildman–Crippen LogP) is 5.38. The highest BCUT2D eigenvalue weighted by atomic mass is 32.2. The van der Waals surface area contributed by atoms with Crippen LogP contribution in [0.25, 0.3) is 0 Å². The van der Waals surface area contributed by atoms with Crippen molar-refractivity contribution in [3.63, 3.8) is 0 Å². The molecule has 0 bridgehead atoms. The quantitative estimate of drug-likeness (QED) is 0.511. The smallest absolute Gasteiger partial charge is 0.251 e. The molecule has 5 nitrogen and oxygen atoms in total. The van der Waals surface area contributed by atoms with Crippen LogP contribution in [0.5, 0.6) is 0 Å². The number of aryl methyl sites for hydroxylation is 4. The molecule has 0 fully saturated rings. The fourth-order valence-corrected chi connectivity index (χ4v) is 4.82. The Kier molecular flexibility index (Phi) is 7.28. The molecule has 0 radical (unpaired) electrons. The number of hydrogen-bond acceptors (Lipinski definition) is 3. The Bertz CT molecular complexity index is 1270. The van der Waals surface area contributed by atoms with Gasteiger partial charge in [-0.15, -0.1) is 0 Å². The van der Waals surface area contributed by atoms with Crippen LogP contribution in [-0.2, 0) is 16.6 Å². The molecule has 0 saturated heterocycles. The molecule has 1 unspecified atom stereocenters. The molecule has 1 atom stereocenters. The first-order valence-corrected chi connectivity index (χ1v) is 12.8. The van der Waals surface area contributed by atoms with Crippen LogP contribution in [0.4, 0.5) is 5.69 Å². The average molecular weight is 465 g/mol. The molecule has 0 aliphatic heterocycles. The van der Waals surface area contributed by atoms with E-state index in [-0.39, 0.29) is 18.5 Å². The summed E-state index contributed by atoms with van der Waals surface area (Å²) in [4.78, 5) is 12.8. The van der Waals surface area contributed by atoms with E-state index in [0.717, 1.165) is 33.4 Å². The van der Waals surface area contributed by atoms with E-state index in [9.17, 15) is 13.2 Å². The maximum absolute atomic E-state index is 12.8. The van der Waals surface area contributed by atoms with Crippen LogP contribution < -0.4 is 9.62 Å². The number of sulfonamides is 1. The van der Waals surface area contributed by atoms with Crippen LogP contribution in [0.2, 0.25) is 0 Å². The third kappa shape index (κ3) is 6.02. The topological polar surface area (TPSA) is 66.5 Å². The van der Waals surface area contributed by atoms with Gasteiger partial charge in [-0.1, -0.05) is 48.0 Å². The van der Waals surface area contributed by atoms with E-state index in [0.29, 0.717) is 11.3 Å². The standard InChI is InChI=1S/C27H32N2O3S/c1-18-7-9-20(3)25(15-18)22(5)28-27(30)24-13-11-23(12-14-24)17-29(33(6,31)32)26-16-19(2)8-10-21(26)4/h7-16,22H,17H2,1-6H3,(H,28,30). The highest BCUT2D eigenvalue weighted by Crippen LogP contribution is 2.26. The maximum atomic E-state index is 12.8. The first-order chi connectivity index (χ1) is 15.5. The van der Waals surface area contributed by atoms with Gasteiger partial charge in [-0.25, -0.2) is 8.42 Å². The van der Waals surface area contributed by atoms with Crippen molar-refractivity contribution in [1.29, 1.82) is 0 Å². The Balaban J connectivity index is 1.78. The summed E-state index contributed by atoms with van der Waals surface area (Å²) in [7, 11) is -3.48. The van der Waals surface area contributed by atoms with Gasteiger partial charge in [-0.05, 0) is 80.6 Å². The third-order valence-corrected chi connectivity index (χ3v) is 6.95. The van der Waals surface area contributed by atoms with Gasteiger partial charge in [0.15, 0.2) is 0 Å². The molecule has 0 aliphatic rings. The summed E-state index contributed by atoms with van der Waals surface area (Å²) in [5.74, 6) is -0.163. The second kappa shape index (κ2) is 9.79. The van der Waals surface area contributed by atoms with Gasteiger partial charge in [0.2, 0.25) is 10.0 Å². The van der Waals surface area contributed by atoms with E-state index in [2.05, 4.69) is 23.5 Å². The van der Waals surface area contributed by atoms with Crippen LogP contribution in [0.3, 0.4) is 0 Å². The summed E-state index contributed by atoms with van der Waals surface area (Å²) >= 11 is 0. The Morgan fingerprint density at radius 2 is 1.45 bits per heavy atom. The molecule has 174 valence electrons. The van der Waals surface area contributed by atoms with Gasteiger partial charge in [-0.3, -0.25) is 9.10 Å². The summed E-state index contributed by atoms with van der Waals surface area (Å²) < 4.78 is 26.5. The Morgan fingerprint density at radius 3 is 2.06 bits per heavy atom. The number of carbonyl (C=O) groups is 1. The number of hydrogen-bond donors (Lipinski definition) is 1. The van der Waals surface area contributed by atoms with Crippen molar-refractivity contribution in [2.75, 3.05) is 10.6 Å². The van der Waals surface area contributed by atoms with Gasteiger partial charge in [0.25, 0.3) is 5.91 Å². The largest absolute Gasteiger partial charge is 0.346 e. The van der Waals surface area contributed by atoms with E-state index >= 15 is 0 Å². The minimum atomic E-state index is -3.48. The Morgan fingerprint density at radius 1 is 0.879 bits per heavy atom. The molecule has 0 spiro atoms. The normalized spacial score (nSPS) is 12.3. The molecule has 1 amide bonds. The second-order valence-electron chi connectivity index (χ2n) is 8.81. The number of nitrogens with one attached hydrogen (secondary N) is 1. The molecule has 0 aromatic heterocycles. The summed E-state index contributed by atoms with van der Waals surface area (Å²) in [5, 5.41) is 3.06. The molecule has 3 aromatic rings. The summed E-state index contributed by atoms with van der Waals surface area (Å²) in [6.07, 6.45) is 1.21. The number of anilines is 1. The Hall–Kier alpha value is -3.12. The molecule has 1 N–H and O–H groups in total. The maximum Gasteiger partial charge on any atom is 0.251 e. The molecule has 0 heterocycles. The van der Waals surface area contributed by atoms with Crippen molar-refractivity contribution in [3.8, 4) is 0 Å². The van der Waals surface area contributed by atoms with Crippen molar-refractivity contribution in [2.24, 2.45) is 0 Å². The highest BCUT2D eigenvalue weighted by molar-refractivity contribution is 7.92. The van der Waals surface area contributed by atoms with Gasteiger partial charge in [0, 0.05) is 5.56 Å². The van der Waals surface area contributed by atoms with E-state index < -0.39 is 10.0 Å². The van der Waals surface area contributed by atoms with Gasteiger partial charge >= 0.3 is 0 Å². The molecule has 0 saturated carbocycles. The van der Waals surface area contributed by atoms with E-state index in [1.807, 2.05) is 52.8 Å². The zero-order valence-electron chi connectivity index (χ0n) is 20.1. The van der Waals surface area contributed by atoms with Crippen molar-refractivity contribution in [1.82, 2.24) is 5.32 Å². The Labute approximate surface area is 197 Å². The number of benzene rings is 3. The number of rotatable bonds is 7. The predicted molar refractivity (Wildman–Crippen MR) is 135 cm³/mol. The number of carbonyl (C=O) groups excluding carboxylic acids is 1. The highest BCUT2D eigenvalue weighted by Gasteiger charge is 2.20.